The van der Waals surface area contributed by atoms with Gasteiger partial charge in [0.25, 0.3) is 0 Å². The van der Waals surface area contributed by atoms with E-state index in [0.717, 1.165) is 29.7 Å². The van der Waals surface area contributed by atoms with Gasteiger partial charge in [-0.2, -0.15) is 0 Å². The lowest BCUT2D eigenvalue weighted by atomic mass is 9.93. The third-order valence-corrected chi connectivity index (χ3v) is 3.29. The van der Waals surface area contributed by atoms with Crippen LogP contribution in [0.5, 0.6) is 0 Å². The zero-order valence-corrected chi connectivity index (χ0v) is 9.30. The molecule has 0 aromatic carbocycles. The molecule has 0 amide bonds. The summed E-state index contributed by atoms with van der Waals surface area (Å²) in [4.78, 5) is 0. The Bertz CT molecular complexity index is 304. The molecule has 2 N–H and O–H groups in total. The molecule has 0 aliphatic heterocycles. The minimum Gasteiger partial charge on any atom is -0.454 e. The van der Waals surface area contributed by atoms with Crippen LogP contribution in [0.25, 0.3) is 0 Å². The number of furan rings is 1. The molecule has 13 heavy (non-hydrogen) atoms. The lowest BCUT2D eigenvalue weighted by Crippen LogP contribution is -2.29. The van der Waals surface area contributed by atoms with Crippen molar-refractivity contribution in [2.45, 2.75) is 37.6 Å². The number of rotatable bonds is 3. The summed E-state index contributed by atoms with van der Waals surface area (Å²) in [7, 11) is 0. The summed E-state index contributed by atoms with van der Waals surface area (Å²) in [5.41, 5.74) is 6.19. The van der Waals surface area contributed by atoms with E-state index in [-0.39, 0.29) is 5.54 Å². The van der Waals surface area contributed by atoms with E-state index in [1.807, 2.05) is 12.1 Å². The van der Waals surface area contributed by atoms with Gasteiger partial charge < -0.3 is 10.2 Å². The second kappa shape index (κ2) is 3.14. The van der Waals surface area contributed by atoms with E-state index in [9.17, 15) is 0 Å². The SMILES string of the molecule is CCC(c1ccc(Br)o1)C1(N)CC1. The molecule has 0 bridgehead atoms. The summed E-state index contributed by atoms with van der Waals surface area (Å²) in [5.74, 6) is 1.41. The number of nitrogens with two attached hydrogens (primary N) is 1. The predicted octanol–water partition coefficient (Wildman–Crippen LogP) is 3.03. The molecule has 1 aliphatic carbocycles. The van der Waals surface area contributed by atoms with Gasteiger partial charge in [0.1, 0.15) is 5.76 Å². The van der Waals surface area contributed by atoms with Crippen molar-refractivity contribution in [1.82, 2.24) is 0 Å². The van der Waals surface area contributed by atoms with E-state index in [1.54, 1.807) is 0 Å². The van der Waals surface area contributed by atoms with Gasteiger partial charge >= 0.3 is 0 Å². The summed E-state index contributed by atoms with van der Waals surface area (Å²) in [6.07, 6.45) is 3.31. The Kier molecular flexibility index (Phi) is 2.24. The fraction of sp³-hybridized carbons (Fsp3) is 0.600. The van der Waals surface area contributed by atoms with Crippen LogP contribution in [0, 0.1) is 0 Å². The van der Waals surface area contributed by atoms with Crippen LogP contribution in [0.3, 0.4) is 0 Å². The quantitative estimate of drug-likeness (QED) is 0.887. The first-order valence-corrected chi connectivity index (χ1v) is 5.49. The van der Waals surface area contributed by atoms with Crippen LogP contribution in [0.1, 0.15) is 37.9 Å². The smallest absolute Gasteiger partial charge is 0.169 e. The molecule has 0 spiro atoms. The molecule has 1 unspecified atom stereocenters. The molecule has 2 rings (SSSR count). The van der Waals surface area contributed by atoms with Gasteiger partial charge in [-0.15, -0.1) is 0 Å². The van der Waals surface area contributed by atoms with Gasteiger partial charge in [0, 0.05) is 11.5 Å². The van der Waals surface area contributed by atoms with Gasteiger partial charge in [-0.05, 0) is 47.3 Å². The Morgan fingerprint density at radius 2 is 2.31 bits per heavy atom. The van der Waals surface area contributed by atoms with Crippen molar-refractivity contribution in [2.75, 3.05) is 0 Å². The first-order chi connectivity index (χ1) is 6.15. The minimum absolute atomic E-state index is 0.0199. The molecule has 3 heteroatoms. The molecule has 1 heterocycles. The Morgan fingerprint density at radius 1 is 1.62 bits per heavy atom. The molecule has 1 fully saturated rings. The monoisotopic (exact) mass is 243 g/mol. The molecule has 0 radical (unpaired) electrons. The van der Waals surface area contributed by atoms with Gasteiger partial charge in [0.15, 0.2) is 4.67 Å². The fourth-order valence-electron chi connectivity index (χ4n) is 1.90. The van der Waals surface area contributed by atoms with Crippen LogP contribution in [0.15, 0.2) is 21.2 Å². The van der Waals surface area contributed by atoms with Gasteiger partial charge in [-0.3, -0.25) is 0 Å². The van der Waals surface area contributed by atoms with E-state index in [1.165, 1.54) is 0 Å². The van der Waals surface area contributed by atoms with Crippen molar-refractivity contribution in [2.24, 2.45) is 5.73 Å². The Hall–Kier alpha value is -0.280. The van der Waals surface area contributed by atoms with Gasteiger partial charge in [0.2, 0.25) is 0 Å². The van der Waals surface area contributed by atoms with Gasteiger partial charge in [-0.1, -0.05) is 6.92 Å². The number of halogens is 1. The van der Waals surface area contributed by atoms with E-state index < -0.39 is 0 Å². The average molecular weight is 244 g/mol. The summed E-state index contributed by atoms with van der Waals surface area (Å²) >= 11 is 3.31. The van der Waals surface area contributed by atoms with Crippen LogP contribution in [0.4, 0.5) is 0 Å². The molecule has 1 aliphatic rings. The molecule has 72 valence electrons. The highest BCUT2D eigenvalue weighted by molar-refractivity contribution is 9.10. The zero-order valence-electron chi connectivity index (χ0n) is 7.72. The van der Waals surface area contributed by atoms with Crippen LogP contribution in [-0.4, -0.2) is 5.54 Å². The Labute approximate surface area is 86.6 Å². The van der Waals surface area contributed by atoms with Crippen molar-refractivity contribution in [3.63, 3.8) is 0 Å². The van der Waals surface area contributed by atoms with Crippen molar-refractivity contribution in [1.29, 1.82) is 0 Å². The largest absolute Gasteiger partial charge is 0.454 e. The maximum atomic E-state index is 6.17. The predicted molar refractivity (Wildman–Crippen MR) is 55.6 cm³/mol. The second-order valence-corrected chi connectivity index (χ2v) is 4.62. The third kappa shape index (κ3) is 1.67. The van der Waals surface area contributed by atoms with Gasteiger partial charge in [0.05, 0.1) is 0 Å². The minimum atomic E-state index is 0.0199. The van der Waals surface area contributed by atoms with E-state index in [4.69, 9.17) is 10.2 Å². The maximum Gasteiger partial charge on any atom is 0.169 e. The molecular weight excluding hydrogens is 230 g/mol. The first-order valence-electron chi connectivity index (χ1n) is 4.70. The normalized spacial score (nSPS) is 21.5. The first kappa shape index (κ1) is 9.28. The van der Waals surface area contributed by atoms with Crippen LogP contribution < -0.4 is 5.73 Å². The van der Waals surface area contributed by atoms with Gasteiger partial charge in [-0.25, -0.2) is 0 Å². The fourth-order valence-corrected chi connectivity index (χ4v) is 2.22. The maximum absolute atomic E-state index is 6.17. The van der Waals surface area contributed by atoms with Crippen LogP contribution >= 0.6 is 15.9 Å². The van der Waals surface area contributed by atoms with Crippen molar-refractivity contribution in [3.05, 3.63) is 22.6 Å². The molecular formula is C10H14BrNO. The molecule has 0 saturated heterocycles. The topological polar surface area (TPSA) is 39.2 Å². The average Bonchev–Trinajstić information content (AvgIpc) is 2.67. The molecule has 1 atom stereocenters. The van der Waals surface area contributed by atoms with Crippen molar-refractivity contribution >= 4 is 15.9 Å². The highest BCUT2D eigenvalue weighted by Gasteiger charge is 2.46. The number of hydrogen-bond donors (Lipinski definition) is 1. The van der Waals surface area contributed by atoms with Crippen LogP contribution in [0.2, 0.25) is 0 Å². The molecule has 1 aromatic heterocycles. The highest BCUT2D eigenvalue weighted by Crippen LogP contribution is 2.47. The third-order valence-electron chi connectivity index (χ3n) is 2.87. The summed E-state index contributed by atoms with van der Waals surface area (Å²) < 4.78 is 6.34. The Morgan fingerprint density at radius 3 is 2.69 bits per heavy atom. The van der Waals surface area contributed by atoms with Crippen molar-refractivity contribution in [3.8, 4) is 0 Å². The summed E-state index contributed by atoms with van der Waals surface area (Å²) in [6.45, 7) is 2.16. The van der Waals surface area contributed by atoms with Crippen molar-refractivity contribution < 1.29 is 4.42 Å². The zero-order chi connectivity index (χ0) is 9.47. The highest BCUT2D eigenvalue weighted by atomic mass is 79.9. The number of hydrogen-bond acceptors (Lipinski definition) is 2. The summed E-state index contributed by atoms with van der Waals surface area (Å²) in [6, 6.07) is 3.95. The Balaban J connectivity index is 2.22. The lowest BCUT2D eigenvalue weighted by Gasteiger charge is -2.19. The van der Waals surface area contributed by atoms with Crippen LogP contribution in [-0.2, 0) is 0 Å². The summed E-state index contributed by atoms with van der Waals surface area (Å²) in [5, 5.41) is 0. The molecule has 1 saturated carbocycles. The van der Waals surface area contributed by atoms with E-state index in [2.05, 4.69) is 22.9 Å². The van der Waals surface area contributed by atoms with E-state index in [0.29, 0.717) is 5.92 Å². The molecule has 2 nitrogen and oxygen atoms in total. The molecule has 1 aromatic rings. The standard InChI is InChI=1S/C10H14BrNO/c1-2-7(10(12)5-6-10)8-3-4-9(11)13-8/h3-4,7H,2,5-6,12H2,1H3. The lowest BCUT2D eigenvalue weighted by molar-refractivity contribution is 0.389. The van der Waals surface area contributed by atoms with E-state index >= 15 is 0 Å². The second-order valence-electron chi connectivity index (χ2n) is 3.84.